The van der Waals surface area contributed by atoms with Crippen LogP contribution in [0.3, 0.4) is 0 Å². The number of carbonyl (C=O) groups excluding carboxylic acids is 1. The third-order valence-electron chi connectivity index (χ3n) is 8.35. The molecule has 0 bridgehead atoms. The van der Waals surface area contributed by atoms with E-state index >= 15 is 0 Å². The van der Waals surface area contributed by atoms with E-state index in [0.717, 1.165) is 49.7 Å². The molecular formula is C26H37FN4O4S. The molecule has 0 radical (unpaired) electrons. The van der Waals surface area contributed by atoms with Gasteiger partial charge in [0, 0.05) is 25.9 Å². The number of sulfonamides is 1. The zero-order valence-electron chi connectivity index (χ0n) is 21.2. The number of alkyl halides is 1. The Kier molecular flexibility index (Phi) is 7.13. The van der Waals surface area contributed by atoms with Gasteiger partial charge in [-0.05, 0) is 87.8 Å². The minimum absolute atomic E-state index is 0.220. The monoisotopic (exact) mass is 520 g/mol. The number of imidazole rings is 1. The normalized spacial score (nSPS) is 28.7. The number of nitrogens with zero attached hydrogens (tertiary/aromatic N) is 3. The van der Waals surface area contributed by atoms with E-state index in [1.807, 2.05) is 13.1 Å². The van der Waals surface area contributed by atoms with Gasteiger partial charge >= 0.3 is 0 Å². The number of halogens is 1. The number of piperidine rings is 1. The van der Waals surface area contributed by atoms with Crippen LogP contribution >= 0.6 is 0 Å². The van der Waals surface area contributed by atoms with Crippen LogP contribution in [0, 0.1) is 12.8 Å². The van der Waals surface area contributed by atoms with E-state index in [1.165, 1.54) is 10.5 Å². The second-order valence-corrected chi connectivity index (χ2v) is 12.8. The number of carbonyl (C=O) groups is 1. The fourth-order valence-electron chi connectivity index (χ4n) is 5.99. The predicted octanol–water partition coefficient (Wildman–Crippen LogP) is 3.34. The number of hydrogen-bond acceptors (Lipinski definition) is 5. The van der Waals surface area contributed by atoms with Crippen LogP contribution in [-0.4, -0.2) is 72.4 Å². The van der Waals surface area contributed by atoms with E-state index in [1.54, 1.807) is 0 Å². The number of nitrogens with one attached hydrogen (secondary N) is 1. The Morgan fingerprint density at radius 3 is 2.67 bits per heavy atom. The quantitative estimate of drug-likeness (QED) is 0.605. The minimum Gasteiger partial charge on any atom is -0.374 e. The third kappa shape index (κ3) is 5.45. The highest BCUT2D eigenvalue weighted by atomic mass is 32.2. The fourth-order valence-corrected chi connectivity index (χ4v) is 6.81. The number of fused-ring (bicyclic) bond motifs is 1. The molecule has 3 heterocycles. The molecule has 1 saturated heterocycles. The lowest BCUT2D eigenvalue weighted by Gasteiger charge is -2.43. The molecule has 2 saturated carbocycles. The van der Waals surface area contributed by atoms with Gasteiger partial charge in [-0.25, -0.2) is 22.5 Å². The maximum atomic E-state index is 14.8. The molecule has 2 atom stereocenters. The number of ether oxygens (including phenoxy) is 1. The van der Waals surface area contributed by atoms with Crippen molar-refractivity contribution >= 4 is 21.4 Å². The Balaban J connectivity index is 1.17. The molecule has 3 fully saturated rings. The molecule has 2 aliphatic carbocycles. The van der Waals surface area contributed by atoms with Gasteiger partial charge in [-0.2, -0.15) is 0 Å². The van der Waals surface area contributed by atoms with Gasteiger partial charge in [0.2, 0.25) is 10.0 Å². The maximum absolute atomic E-state index is 14.8. The van der Waals surface area contributed by atoms with Gasteiger partial charge in [-0.3, -0.25) is 4.79 Å². The Labute approximate surface area is 212 Å². The molecule has 3 aliphatic rings. The van der Waals surface area contributed by atoms with Crippen LogP contribution in [0.4, 0.5) is 4.39 Å². The highest BCUT2D eigenvalue weighted by molar-refractivity contribution is 7.88. The standard InChI is InChI=1S/C26H37FN4O4S/c1-18-28-15-22-14-21(8-13-31(18)22)20-6-4-19(5-7-20)17-35-24-16-30(25(32)26(27)10-3-11-26)12-9-23(24)29-36(2,33)34/h8,13-15,19-20,23-24,29H,3-7,9-12,16-17H2,1-2H3/t19?,20?,23-,24+/m0/s1. The van der Waals surface area contributed by atoms with Crippen molar-refractivity contribution in [2.45, 2.75) is 82.0 Å². The average Bonchev–Trinajstić information content (AvgIpc) is 3.21. The molecule has 198 valence electrons. The second kappa shape index (κ2) is 10.0. The molecule has 5 rings (SSSR count). The SMILES string of the molecule is Cc1ncc2cc(C3CCC(CO[C@@H]4CN(C(=O)C5(F)CCC5)CC[C@@H]4NS(C)(=O)=O)CC3)ccn12. The lowest BCUT2D eigenvalue weighted by Crippen LogP contribution is -2.60. The molecule has 8 nitrogen and oxygen atoms in total. The molecule has 2 aromatic rings. The second-order valence-electron chi connectivity index (χ2n) is 11.0. The molecule has 2 aromatic heterocycles. The first-order chi connectivity index (χ1) is 17.1. The van der Waals surface area contributed by atoms with Crippen molar-refractivity contribution in [1.29, 1.82) is 0 Å². The minimum atomic E-state index is -3.43. The number of aromatic nitrogens is 2. The van der Waals surface area contributed by atoms with E-state index < -0.39 is 33.7 Å². The molecule has 0 spiro atoms. The van der Waals surface area contributed by atoms with Gasteiger partial charge in [0.25, 0.3) is 5.91 Å². The van der Waals surface area contributed by atoms with Crippen molar-refractivity contribution in [3.8, 4) is 0 Å². The van der Waals surface area contributed by atoms with Crippen LogP contribution in [0.1, 0.15) is 68.7 Å². The third-order valence-corrected chi connectivity index (χ3v) is 9.08. The molecule has 1 N–H and O–H groups in total. The molecule has 0 unspecified atom stereocenters. The van der Waals surface area contributed by atoms with Crippen molar-refractivity contribution in [3.05, 3.63) is 35.9 Å². The summed E-state index contributed by atoms with van der Waals surface area (Å²) < 4.78 is 49.7. The van der Waals surface area contributed by atoms with Crippen molar-refractivity contribution in [3.63, 3.8) is 0 Å². The zero-order chi connectivity index (χ0) is 25.5. The topological polar surface area (TPSA) is 93.0 Å². The molecule has 1 amide bonds. The summed E-state index contributed by atoms with van der Waals surface area (Å²) in [6.45, 7) is 3.07. The summed E-state index contributed by atoms with van der Waals surface area (Å²) in [5.41, 5.74) is 0.712. The lowest BCUT2D eigenvalue weighted by atomic mass is 9.79. The summed E-state index contributed by atoms with van der Waals surface area (Å²) in [4.78, 5) is 18.7. The number of hydrogen-bond donors (Lipinski definition) is 1. The van der Waals surface area contributed by atoms with Crippen molar-refractivity contribution < 1.29 is 22.3 Å². The molecule has 0 aromatic carbocycles. The number of likely N-dealkylation sites (tertiary alicyclic amines) is 1. The fraction of sp³-hybridized carbons (Fsp3) is 0.692. The smallest absolute Gasteiger partial charge is 0.260 e. The van der Waals surface area contributed by atoms with Gasteiger partial charge < -0.3 is 14.0 Å². The van der Waals surface area contributed by atoms with Gasteiger partial charge in [-0.15, -0.1) is 0 Å². The van der Waals surface area contributed by atoms with E-state index in [4.69, 9.17) is 4.74 Å². The van der Waals surface area contributed by atoms with Crippen LogP contribution in [0.5, 0.6) is 0 Å². The van der Waals surface area contributed by atoms with Gasteiger partial charge in [0.1, 0.15) is 5.82 Å². The Hall–Kier alpha value is -2.04. The molecule has 1 aliphatic heterocycles. The summed E-state index contributed by atoms with van der Waals surface area (Å²) in [6.07, 6.45) is 10.6. The number of rotatable bonds is 7. The summed E-state index contributed by atoms with van der Waals surface area (Å²) in [7, 11) is -3.43. The number of pyridine rings is 1. The predicted molar refractivity (Wildman–Crippen MR) is 135 cm³/mol. The van der Waals surface area contributed by atoms with E-state index in [0.29, 0.717) is 31.4 Å². The van der Waals surface area contributed by atoms with Crippen LogP contribution in [-0.2, 0) is 19.6 Å². The van der Waals surface area contributed by atoms with Crippen LogP contribution < -0.4 is 4.72 Å². The van der Waals surface area contributed by atoms with E-state index in [-0.39, 0.29) is 19.4 Å². The maximum Gasteiger partial charge on any atom is 0.260 e. The Bertz CT molecular complexity index is 1200. The lowest BCUT2D eigenvalue weighted by molar-refractivity contribution is -0.155. The van der Waals surface area contributed by atoms with Crippen molar-refractivity contribution in [1.82, 2.24) is 19.0 Å². The highest BCUT2D eigenvalue weighted by Crippen LogP contribution is 2.39. The van der Waals surface area contributed by atoms with Gasteiger partial charge in [0.15, 0.2) is 5.67 Å². The number of aryl methyl sites for hydroxylation is 1. The average molecular weight is 521 g/mol. The first-order valence-electron chi connectivity index (χ1n) is 13.1. The van der Waals surface area contributed by atoms with Crippen molar-refractivity contribution in [2.75, 3.05) is 26.0 Å². The molecule has 36 heavy (non-hydrogen) atoms. The highest BCUT2D eigenvalue weighted by Gasteiger charge is 2.48. The van der Waals surface area contributed by atoms with Gasteiger partial charge in [0.05, 0.1) is 30.1 Å². The summed E-state index contributed by atoms with van der Waals surface area (Å²) in [5.74, 6) is 1.41. The summed E-state index contributed by atoms with van der Waals surface area (Å²) in [6, 6.07) is 4.01. The molecular weight excluding hydrogens is 483 g/mol. The van der Waals surface area contributed by atoms with Crippen LogP contribution in [0.15, 0.2) is 24.5 Å². The van der Waals surface area contributed by atoms with Crippen LogP contribution in [0.25, 0.3) is 5.52 Å². The number of amides is 1. The largest absolute Gasteiger partial charge is 0.374 e. The Morgan fingerprint density at radius 1 is 1.25 bits per heavy atom. The van der Waals surface area contributed by atoms with Crippen LogP contribution in [0.2, 0.25) is 0 Å². The summed E-state index contributed by atoms with van der Waals surface area (Å²) >= 11 is 0. The van der Waals surface area contributed by atoms with Crippen molar-refractivity contribution in [2.24, 2.45) is 5.92 Å². The van der Waals surface area contributed by atoms with Gasteiger partial charge in [-0.1, -0.05) is 0 Å². The zero-order valence-corrected chi connectivity index (χ0v) is 22.0. The van der Waals surface area contributed by atoms with E-state index in [9.17, 15) is 17.6 Å². The first-order valence-corrected chi connectivity index (χ1v) is 15.0. The first kappa shape index (κ1) is 25.6. The summed E-state index contributed by atoms with van der Waals surface area (Å²) in [5, 5.41) is 0. The Morgan fingerprint density at radius 2 is 2.00 bits per heavy atom. The van der Waals surface area contributed by atoms with E-state index in [2.05, 4.69) is 32.4 Å². The molecule has 10 heteroatoms.